The zero-order valence-corrected chi connectivity index (χ0v) is 15.7. The molecule has 0 aromatic heterocycles. The normalized spacial score (nSPS) is 15.4. The molecule has 0 radical (unpaired) electrons. The maximum atomic E-state index is 12.5. The first kappa shape index (κ1) is 18.3. The summed E-state index contributed by atoms with van der Waals surface area (Å²) in [5.74, 6) is -0.0509. The number of hydrogen-bond donors (Lipinski definition) is 2. The van der Waals surface area contributed by atoms with Gasteiger partial charge in [-0.05, 0) is 62.2 Å². The molecule has 0 spiro atoms. The van der Waals surface area contributed by atoms with E-state index in [2.05, 4.69) is 34.6 Å². The highest BCUT2D eigenvalue weighted by molar-refractivity contribution is 5.96. The number of carbonyl (C=O) groups is 1. The van der Waals surface area contributed by atoms with Gasteiger partial charge in [0.2, 0.25) is 5.91 Å². The van der Waals surface area contributed by atoms with E-state index >= 15 is 0 Å². The van der Waals surface area contributed by atoms with Crippen LogP contribution in [0, 0.1) is 13.8 Å². The fourth-order valence-electron chi connectivity index (χ4n) is 3.00. The van der Waals surface area contributed by atoms with Crippen molar-refractivity contribution in [3.8, 4) is 0 Å². The third-order valence-electron chi connectivity index (χ3n) is 4.77. The number of aryl methyl sites for hydroxylation is 2. The molecular weight excluding hydrogens is 326 g/mol. The van der Waals surface area contributed by atoms with E-state index in [1.165, 1.54) is 11.1 Å². The van der Waals surface area contributed by atoms with Crippen LogP contribution in [0.2, 0.25) is 0 Å². The van der Waals surface area contributed by atoms with Crippen LogP contribution in [0.4, 0.5) is 17.1 Å². The van der Waals surface area contributed by atoms with Crippen molar-refractivity contribution in [2.45, 2.75) is 26.8 Å². The molecule has 1 aliphatic heterocycles. The molecule has 2 aromatic carbocycles. The van der Waals surface area contributed by atoms with Gasteiger partial charge in [-0.1, -0.05) is 12.1 Å². The molecule has 0 saturated carbocycles. The maximum absolute atomic E-state index is 12.5. The predicted molar refractivity (Wildman–Crippen MR) is 107 cm³/mol. The van der Waals surface area contributed by atoms with E-state index in [0.717, 1.165) is 43.4 Å². The van der Waals surface area contributed by atoms with Crippen molar-refractivity contribution in [2.24, 2.45) is 0 Å². The van der Waals surface area contributed by atoms with Gasteiger partial charge in [-0.15, -0.1) is 0 Å². The molecule has 0 bridgehead atoms. The summed E-state index contributed by atoms with van der Waals surface area (Å²) in [6, 6.07) is 13.8. The summed E-state index contributed by atoms with van der Waals surface area (Å²) in [7, 11) is 0. The Labute approximate surface area is 155 Å². The summed E-state index contributed by atoms with van der Waals surface area (Å²) in [5, 5.41) is 6.28. The Bertz CT molecular complexity index is 770. The van der Waals surface area contributed by atoms with Gasteiger partial charge in [0, 0.05) is 30.2 Å². The minimum absolute atomic E-state index is 0.0509. The number of ether oxygens (including phenoxy) is 1. The molecule has 1 atom stereocenters. The number of amides is 1. The highest BCUT2D eigenvalue weighted by Crippen LogP contribution is 2.21. The van der Waals surface area contributed by atoms with Crippen LogP contribution in [-0.2, 0) is 9.53 Å². The first-order valence-electron chi connectivity index (χ1n) is 9.10. The molecule has 2 N–H and O–H groups in total. The number of nitrogens with zero attached hydrogens (tertiary/aromatic N) is 1. The van der Waals surface area contributed by atoms with E-state index in [-0.39, 0.29) is 11.9 Å². The van der Waals surface area contributed by atoms with Crippen molar-refractivity contribution in [3.63, 3.8) is 0 Å². The molecular formula is C21H27N3O2. The Balaban J connectivity index is 1.62. The molecule has 1 unspecified atom stereocenters. The van der Waals surface area contributed by atoms with Crippen LogP contribution >= 0.6 is 0 Å². The molecule has 3 rings (SSSR count). The molecule has 5 heteroatoms. The minimum atomic E-state index is -0.337. The monoisotopic (exact) mass is 353 g/mol. The number of rotatable bonds is 5. The smallest absolute Gasteiger partial charge is 0.246 e. The number of carbonyl (C=O) groups excluding carboxylic acids is 1. The minimum Gasteiger partial charge on any atom is -0.378 e. The van der Waals surface area contributed by atoms with E-state index in [1.807, 2.05) is 44.2 Å². The Kier molecular flexibility index (Phi) is 5.78. The molecule has 1 amide bonds. The average Bonchev–Trinajstić information content (AvgIpc) is 2.65. The Morgan fingerprint density at radius 1 is 1.04 bits per heavy atom. The fraction of sp³-hybridized carbons (Fsp3) is 0.381. The van der Waals surface area contributed by atoms with E-state index in [9.17, 15) is 4.79 Å². The van der Waals surface area contributed by atoms with E-state index in [1.54, 1.807) is 0 Å². The summed E-state index contributed by atoms with van der Waals surface area (Å²) in [4.78, 5) is 14.8. The number of morpholine rings is 1. The molecule has 5 nitrogen and oxygen atoms in total. The lowest BCUT2D eigenvalue weighted by molar-refractivity contribution is -0.116. The number of anilines is 3. The van der Waals surface area contributed by atoms with Crippen LogP contribution in [-0.4, -0.2) is 38.3 Å². The standard InChI is InChI=1S/C21H27N3O2/c1-15-7-8-19(13-16(15)2)23-21(25)17(3)22-18-5-4-6-20(14-18)24-9-11-26-12-10-24/h4-8,13-14,17,22H,9-12H2,1-3H3,(H,23,25). The number of hydrogen-bond acceptors (Lipinski definition) is 4. The van der Waals surface area contributed by atoms with Crippen LogP contribution in [0.15, 0.2) is 42.5 Å². The van der Waals surface area contributed by atoms with Crippen LogP contribution in [0.3, 0.4) is 0 Å². The zero-order valence-electron chi connectivity index (χ0n) is 15.7. The first-order valence-corrected chi connectivity index (χ1v) is 9.10. The van der Waals surface area contributed by atoms with Gasteiger partial charge in [0.15, 0.2) is 0 Å². The summed E-state index contributed by atoms with van der Waals surface area (Å²) in [5.41, 5.74) is 5.31. The van der Waals surface area contributed by atoms with Crippen LogP contribution in [0.25, 0.3) is 0 Å². The third kappa shape index (κ3) is 4.55. The Hall–Kier alpha value is -2.53. The van der Waals surface area contributed by atoms with Crippen LogP contribution < -0.4 is 15.5 Å². The molecule has 26 heavy (non-hydrogen) atoms. The fourth-order valence-corrected chi connectivity index (χ4v) is 3.00. The van der Waals surface area contributed by atoms with Gasteiger partial charge in [0.1, 0.15) is 6.04 Å². The molecule has 2 aromatic rings. The van der Waals surface area contributed by atoms with Gasteiger partial charge in [-0.3, -0.25) is 4.79 Å². The second-order valence-electron chi connectivity index (χ2n) is 6.80. The highest BCUT2D eigenvalue weighted by Gasteiger charge is 2.15. The average molecular weight is 353 g/mol. The summed E-state index contributed by atoms with van der Waals surface area (Å²) in [6.07, 6.45) is 0. The Morgan fingerprint density at radius 3 is 2.54 bits per heavy atom. The molecule has 1 fully saturated rings. The lowest BCUT2D eigenvalue weighted by Crippen LogP contribution is -2.36. The van der Waals surface area contributed by atoms with E-state index in [4.69, 9.17) is 4.74 Å². The van der Waals surface area contributed by atoms with Gasteiger partial charge in [-0.25, -0.2) is 0 Å². The number of nitrogens with one attached hydrogen (secondary N) is 2. The largest absolute Gasteiger partial charge is 0.378 e. The van der Waals surface area contributed by atoms with Gasteiger partial charge in [0.05, 0.1) is 13.2 Å². The van der Waals surface area contributed by atoms with Gasteiger partial charge >= 0.3 is 0 Å². The lowest BCUT2D eigenvalue weighted by Gasteiger charge is -2.29. The maximum Gasteiger partial charge on any atom is 0.246 e. The van der Waals surface area contributed by atoms with Crippen molar-refractivity contribution >= 4 is 23.0 Å². The van der Waals surface area contributed by atoms with Crippen molar-refractivity contribution < 1.29 is 9.53 Å². The van der Waals surface area contributed by atoms with E-state index in [0.29, 0.717) is 0 Å². The molecule has 1 heterocycles. The third-order valence-corrected chi connectivity index (χ3v) is 4.77. The SMILES string of the molecule is Cc1ccc(NC(=O)C(C)Nc2cccc(N3CCOCC3)c2)cc1C. The van der Waals surface area contributed by atoms with Gasteiger partial charge in [0.25, 0.3) is 0 Å². The second-order valence-corrected chi connectivity index (χ2v) is 6.80. The molecule has 0 aliphatic carbocycles. The highest BCUT2D eigenvalue weighted by atomic mass is 16.5. The van der Waals surface area contributed by atoms with Gasteiger partial charge < -0.3 is 20.3 Å². The van der Waals surface area contributed by atoms with Gasteiger partial charge in [-0.2, -0.15) is 0 Å². The number of benzene rings is 2. The van der Waals surface area contributed by atoms with Crippen LogP contribution in [0.5, 0.6) is 0 Å². The molecule has 138 valence electrons. The van der Waals surface area contributed by atoms with Crippen molar-refractivity contribution in [2.75, 3.05) is 41.8 Å². The summed E-state index contributed by atoms with van der Waals surface area (Å²) >= 11 is 0. The lowest BCUT2D eigenvalue weighted by atomic mass is 10.1. The summed E-state index contributed by atoms with van der Waals surface area (Å²) in [6.45, 7) is 9.28. The van der Waals surface area contributed by atoms with Crippen LogP contribution in [0.1, 0.15) is 18.1 Å². The van der Waals surface area contributed by atoms with Crippen molar-refractivity contribution in [1.29, 1.82) is 0 Å². The molecule has 1 saturated heterocycles. The predicted octanol–water partition coefficient (Wildman–Crippen LogP) is 3.58. The molecule has 1 aliphatic rings. The van der Waals surface area contributed by atoms with Crippen molar-refractivity contribution in [1.82, 2.24) is 0 Å². The van der Waals surface area contributed by atoms with Crippen molar-refractivity contribution in [3.05, 3.63) is 53.6 Å². The quantitative estimate of drug-likeness (QED) is 0.863. The Morgan fingerprint density at radius 2 is 1.81 bits per heavy atom. The summed E-state index contributed by atoms with van der Waals surface area (Å²) < 4.78 is 5.41. The van der Waals surface area contributed by atoms with E-state index < -0.39 is 0 Å². The first-order chi connectivity index (χ1) is 12.5. The zero-order chi connectivity index (χ0) is 18.5. The second kappa shape index (κ2) is 8.23. The topological polar surface area (TPSA) is 53.6 Å².